The Kier molecular flexibility index (Phi) is 5.92. The minimum absolute atomic E-state index is 0.0343. The van der Waals surface area contributed by atoms with E-state index < -0.39 is 0 Å². The Morgan fingerprint density at radius 3 is 2.50 bits per heavy atom. The van der Waals surface area contributed by atoms with Gasteiger partial charge in [0.1, 0.15) is 12.1 Å². The van der Waals surface area contributed by atoms with Crippen molar-refractivity contribution in [3.05, 3.63) is 11.8 Å². The number of aromatic nitrogens is 5. The van der Waals surface area contributed by atoms with Crippen molar-refractivity contribution in [1.82, 2.24) is 25.1 Å². The number of hydrogen-bond donors (Lipinski definition) is 2. The van der Waals surface area contributed by atoms with E-state index in [2.05, 4.69) is 25.4 Å². The molecule has 3 aliphatic rings. The zero-order chi connectivity index (χ0) is 22.1. The zero-order valence-corrected chi connectivity index (χ0v) is 18.5. The van der Waals surface area contributed by atoms with Crippen LogP contribution >= 0.6 is 0 Å². The number of methoxy groups -OCH3 is 2. The van der Waals surface area contributed by atoms with E-state index >= 15 is 0 Å². The van der Waals surface area contributed by atoms with Crippen molar-refractivity contribution >= 4 is 29.9 Å². The molecule has 0 radical (unpaired) electrons. The first kappa shape index (κ1) is 21.1. The molecule has 11 heteroatoms. The molecule has 5 rings (SSSR count). The standard InChI is InChI=1S/C21H30N8O3/c1-31-15-5-7-28(8-6-15)20-23-19(22-18-10-17(26-27-18)13-3-4-13)24-21(25-20)29-11-16(32-2)9-14(29)12-30/h10,12-16H,3-9,11H2,1-2H3,(H2,22,23,24,25,26,27)/t14-,16-/m0/s1. The summed E-state index contributed by atoms with van der Waals surface area (Å²) in [7, 11) is 3.42. The topological polar surface area (TPSA) is 121 Å². The molecule has 2 aromatic rings. The van der Waals surface area contributed by atoms with Gasteiger partial charge in [-0.3, -0.25) is 5.10 Å². The molecule has 0 spiro atoms. The van der Waals surface area contributed by atoms with E-state index in [9.17, 15) is 4.79 Å². The van der Waals surface area contributed by atoms with E-state index in [1.165, 1.54) is 12.8 Å². The predicted octanol–water partition coefficient (Wildman–Crippen LogP) is 1.62. The molecular weight excluding hydrogens is 412 g/mol. The molecule has 2 saturated heterocycles. The Bertz CT molecular complexity index is 941. The highest BCUT2D eigenvalue weighted by Gasteiger charge is 2.35. The van der Waals surface area contributed by atoms with Gasteiger partial charge in [0.15, 0.2) is 0 Å². The second-order valence-electron chi connectivity index (χ2n) is 8.74. The molecule has 172 valence electrons. The van der Waals surface area contributed by atoms with Gasteiger partial charge in [0.05, 0.1) is 23.9 Å². The third-order valence-electron chi connectivity index (χ3n) is 6.56. The number of ether oxygens (including phenoxy) is 2. The number of aldehydes is 1. The van der Waals surface area contributed by atoms with Crippen molar-refractivity contribution in [2.75, 3.05) is 49.0 Å². The maximum absolute atomic E-state index is 11.7. The summed E-state index contributed by atoms with van der Waals surface area (Å²) in [5.74, 6) is 2.80. The Morgan fingerprint density at radius 1 is 1.06 bits per heavy atom. The van der Waals surface area contributed by atoms with E-state index in [0.29, 0.717) is 36.7 Å². The number of nitrogens with one attached hydrogen (secondary N) is 2. The van der Waals surface area contributed by atoms with Crippen LogP contribution in [0.3, 0.4) is 0 Å². The summed E-state index contributed by atoms with van der Waals surface area (Å²) in [5, 5.41) is 10.7. The number of H-pyrrole nitrogens is 1. The van der Waals surface area contributed by atoms with Crippen LogP contribution in [0.1, 0.15) is 43.7 Å². The highest BCUT2D eigenvalue weighted by atomic mass is 16.5. The van der Waals surface area contributed by atoms with Gasteiger partial charge in [0.2, 0.25) is 17.8 Å². The molecule has 2 aromatic heterocycles. The van der Waals surface area contributed by atoms with Crippen molar-refractivity contribution in [2.24, 2.45) is 0 Å². The second kappa shape index (κ2) is 8.99. The SMILES string of the molecule is COC1CCN(c2nc(Nc3cc(C4CC4)n[nH]3)nc(N3C[C@@H](OC)C[C@H]3C=O)n2)CC1. The van der Waals surface area contributed by atoms with Gasteiger partial charge in [0, 0.05) is 52.3 Å². The van der Waals surface area contributed by atoms with Gasteiger partial charge >= 0.3 is 0 Å². The Balaban J connectivity index is 1.43. The van der Waals surface area contributed by atoms with Crippen LogP contribution in [0.5, 0.6) is 0 Å². The van der Waals surface area contributed by atoms with Crippen LogP contribution in [0.2, 0.25) is 0 Å². The Labute approximate surface area is 186 Å². The number of anilines is 4. The van der Waals surface area contributed by atoms with E-state index in [0.717, 1.165) is 43.7 Å². The number of aromatic amines is 1. The molecule has 0 bridgehead atoms. The van der Waals surface area contributed by atoms with Gasteiger partial charge in [-0.2, -0.15) is 20.1 Å². The van der Waals surface area contributed by atoms with Crippen LogP contribution in [0, 0.1) is 0 Å². The molecule has 0 unspecified atom stereocenters. The number of carbonyl (C=O) groups excluding carboxylic acids is 1. The molecule has 0 amide bonds. The third-order valence-corrected chi connectivity index (χ3v) is 6.56. The largest absolute Gasteiger partial charge is 0.381 e. The lowest BCUT2D eigenvalue weighted by Crippen LogP contribution is -2.38. The molecule has 3 fully saturated rings. The Hall–Kier alpha value is -2.79. The number of rotatable bonds is 8. The van der Waals surface area contributed by atoms with Crippen molar-refractivity contribution in [2.45, 2.75) is 56.3 Å². The molecular formula is C21H30N8O3. The van der Waals surface area contributed by atoms with Gasteiger partial charge in [-0.1, -0.05) is 0 Å². The summed E-state index contributed by atoms with van der Waals surface area (Å²) in [6.07, 6.45) is 5.99. The van der Waals surface area contributed by atoms with Crippen molar-refractivity contribution < 1.29 is 14.3 Å². The molecule has 2 aliphatic heterocycles. The summed E-state index contributed by atoms with van der Waals surface area (Å²) in [6.45, 7) is 2.16. The highest BCUT2D eigenvalue weighted by Crippen LogP contribution is 2.39. The first-order valence-corrected chi connectivity index (χ1v) is 11.3. The fourth-order valence-electron chi connectivity index (χ4n) is 4.44. The third kappa shape index (κ3) is 4.40. The van der Waals surface area contributed by atoms with Crippen molar-refractivity contribution in [3.8, 4) is 0 Å². The monoisotopic (exact) mass is 442 g/mol. The van der Waals surface area contributed by atoms with Gasteiger partial charge in [-0.05, 0) is 25.7 Å². The highest BCUT2D eigenvalue weighted by molar-refractivity contribution is 5.66. The number of carbonyl (C=O) groups is 1. The summed E-state index contributed by atoms with van der Waals surface area (Å²) in [6, 6.07) is 1.69. The predicted molar refractivity (Wildman–Crippen MR) is 119 cm³/mol. The van der Waals surface area contributed by atoms with Crippen LogP contribution in [-0.4, -0.2) is 83.5 Å². The molecule has 4 heterocycles. The van der Waals surface area contributed by atoms with Crippen LogP contribution in [0.4, 0.5) is 23.7 Å². The molecule has 0 aromatic carbocycles. The van der Waals surface area contributed by atoms with Crippen LogP contribution < -0.4 is 15.1 Å². The summed E-state index contributed by atoms with van der Waals surface area (Å²) < 4.78 is 11.0. The Morgan fingerprint density at radius 2 is 1.81 bits per heavy atom. The minimum Gasteiger partial charge on any atom is -0.381 e. The van der Waals surface area contributed by atoms with Gasteiger partial charge in [0.25, 0.3) is 0 Å². The second-order valence-corrected chi connectivity index (χ2v) is 8.74. The van der Waals surface area contributed by atoms with Crippen molar-refractivity contribution in [3.63, 3.8) is 0 Å². The number of piperidine rings is 1. The molecule has 1 aliphatic carbocycles. The molecule has 11 nitrogen and oxygen atoms in total. The van der Waals surface area contributed by atoms with Gasteiger partial charge in [-0.25, -0.2) is 0 Å². The fourth-order valence-corrected chi connectivity index (χ4v) is 4.44. The molecule has 32 heavy (non-hydrogen) atoms. The molecule has 2 atom stereocenters. The van der Waals surface area contributed by atoms with Crippen LogP contribution in [0.25, 0.3) is 0 Å². The lowest BCUT2D eigenvalue weighted by atomic mass is 10.1. The minimum atomic E-state index is -0.323. The van der Waals surface area contributed by atoms with E-state index in [1.54, 1.807) is 14.2 Å². The number of nitrogens with zero attached hydrogens (tertiary/aromatic N) is 6. The van der Waals surface area contributed by atoms with Gasteiger partial charge in [-0.15, -0.1) is 0 Å². The maximum atomic E-state index is 11.7. The number of hydrogen-bond acceptors (Lipinski definition) is 10. The summed E-state index contributed by atoms with van der Waals surface area (Å²) in [5.41, 5.74) is 1.06. The lowest BCUT2D eigenvalue weighted by Gasteiger charge is -2.32. The molecule has 1 saturated carbocycles. The van der Waals surface area contributed by atoms with Crippen molar-refractivity contribution in [1.29, 1.82) is 0 Å². The smallest absolute Gasteiger partial charge is 0.234 e. The normalized spacial score (nSPS) is 24.2. The quantitative estimate of drug-likeness (QED) is 0.583. The van der Waals surface area contributed by atoms with Crippen LogP contribution in [-0.2, 0) is 14.3 Å². The summed E-state index contributed by atoms with van der Waals surface area (Å²) in [4.78, 5) is 29.9. The van der Waals surface area contributed by atoms with E-state index in [4.69, 9.17) is 19.4 Å². The zero-order valence-electron chi connectivity index (χ0n) is 18.5. The lowest BCUT2D eigenvalue weighted by molar-refractivity contribution is -0.109. The fraction of sp³-hybridized carbons (Fsp3) is 0.667. The van der Waals surface area contributed by atoms with E-state index in [1.807, 2.05) is 11.0 Å². The first-order chi connectivity index (χ1) is 15.7. The average molecular weight is 443 g/mol. The molecule has 2 N–H and O–H groups in total. The first-order valence-electron chi connectivity index (χ1n) is 11.3. The maximum Gasteiger partial charge on any atom is 0.234 e. The average Bonchev–Trinajstić information content (AvgIpc) is 3.43. The summed E-state index contributed by atoms with van der Waals surface area (Å²) >= 11 is 0. The van der Waals surface area contributed by atoms with Crippen LogP contribution in [0.15, 0.2) is 6.07 Å². The van der Waals surface area contributed by atoms with Gasteiger partial charge < -0.3 is 29.4 Å². The van der Waals surface area contributed by atoms with E-state index in [-0.39, 0.29) is 18.2 Å².